The third-order valence-electron chi connectivity index (χ3n) is 6.06. The number of rotatable bonds is 9. The molecular formula is C26H31ClN4O4S. The summed E-state index contributed by atoms with van der Waals surface area (Å²) in [5.41, 5.74) is 3.66. The molecule has 1 aliphatic rings. The summed E-state index contributed by atoms with van der Waals surface area (Å²) >= 11 is 6.49. The summed E-state index contributed by atoms with van der Waals surface area (Å²) in [6, 6.07) is 11.1. The number of anilines is 1. The van der Waals surface area contributed by atoms with Crippen molar-refractivity contribution in [1.29, 1.82) is 0 Å². The van der Waals surface area contributed by atoms with E-state index in [0.29, 0.717) is 35.2 Å². The van der Waals surface area contributed by atoms with Gasteiger partial charge in [0.25, 0.3) is 5.91 Å². The van der Waals surface area contributed by atoms with E-state index < -0.39 is 9.84 Å². The number of nitrogens with zero attached hydrogens (tertiary/aromatic N) is 3. The van der Waals surface area contributed by atoms with Crippen LogP contribution in [0.1, 0.15) is 35.5 Å². The van der Waals surface area contributed by atoms with Crippen LogP contribution >= 0.6 is 11.6 Å². The van der Waals surface area contributed by atoms with Crippen LogP contribution in [0.25, 0.3) is 11.1 Å². The van der Waals surface area contributed by atoms with Gasteiger partial charge in [0, 0.05) is 56.0 Å². The van der Waals surface area contributed by atoms with E-state index >= 15 is 0 Å². The van der Waals surface area contributed by atoms with Crippen molar-refractivity contribution in [2.45, 2.75) is 44.8 Å². The topological polar surface area (TPSA) is 93.5 Å². The number of carbonyl (C=O) groups is 1. The van der Waals surface area contributed by atoms with Crippen molar-refractivity contribution >= 4 is 33.2 Å². The zero-order valence-electron chi connectivity index (χ0n) is 20.9. The van der Waals surface area contributed by atoms with Crippen LogP contribution in [0.15, 0.2) is 48.8 Å². The van der Waals surface area contributed by atoms with E-state index in [1.807, 2.05) is 54.9 Å². The lowest BCUT2D eigenvalue weighted by molar-refractivity contribution is 0.0388. The predicted octanol–water partition coefficient (Wildman–Crippen LogP) is 4.24. The summed E-state index contributed by atoms with van der Waals surface area (Å²) in [4.78, 5) is 19.8. The highest BCUT2D eigenvalue weighted by Gasteiger charge is 2.34. The van der Waals surface area contributed by atoms with E-state index in [1.165, 1.54) is 6.26 Å². The number of carbonyl (C=O) groups excluding carboxylic acids is 1. The summed E-state index contributed by atoms with van der Waals surface area (Å²) in [5, 5.41) is 3.78. The molecule has 0 saturated heterocycles. The van der Waals surface area contributed by atoms with Crippen molar-refractivity contribution in [3.63, 3.8) is 0 Å². The summed E-state index contributed by atoms with van der Waals surface area (Å²) in [6.07, 6.45) is 4.76. The van der Waals surface area contributed by atoms with Crippen molar-refractivity contribution in [3.05, 3.63) is 70.6 Å². The fraction of sp³-hybridized carbons (Fsp3) is 0.385. The van der Waals surface area contributed by atoms with Gasteiger partial charge in [-0.25, -0.2) is 13.4 Å². The van der Waals surface area contributed by atoms with Crippen molar-refractivity contribution < 1.29 is 17.9 Å². The average Bonchev–Trinajstić information content (AvgIpc) is 3.22. The number of ether oxygens (including phenoxy) is 1. The van der Waals surface area contributed by atoms with Gasteiger partial charge in [-0.3, -0.25) is 4.79 Å². The molecule has 3 heterocycles. The highest BCUT2D eigenvalue weighted by molar-refractivity contribution is 7.89. The van der Waals surface area contributed by atoms with Crippen LogP contribution in [-0.2, 0) is 33.4 Å². The molecule has 0 saturated carbocycles. The van der Waals surface area contributed by atoms with Gasteiger partial charge in [0.2, 0.25) is 0 Å². The highest BCUT2D eigenvalue weighted by atomic mass is 35.5. The van der Waals surface area contributed by atoms with Crippen molar-refractivity contribution in [2.24, 2.45) is 0 Å². The van der Waals surface area contributed by atoms with E-state index in [9.17, 15) is 13.2 Å². The number of halogens is 1. The second-order valence-corrected chi connectivity index (χ2v) is 12.0. The quantitative estimate of drug-likeness (QED) is 0.445. The number of hydrogen-bond donors (Lipinski definition) is 1. The Bertz CT molecular complexity index is 1370. The monoisotopic (exact) mass is 530 g/mol. The number of hydrogen-bond acceptors (Lipinski definition) is 6. The minimum Gasteiger partial charge on any atom is -0.382 e. The number of methoxy groups -OCH3 is 1. The van der Waals surface area contributed by atoms with Crippen molar-refractivity contribution in [3.8, 4) is 11.1 Å². The lowest BCUT2D eigenvalue weighted by atomic mass is 10.1. The van der Waals surface area contributed by atoms with Gasteiger partial charge < -0.3 is 19.5 Å². The predicted molar refractivity (Wildman–Crippen MR) is 142 cm³/mol. The second-order valence-electron chi connectivity index (χ2n) is 9.50. The molecular weight excluding hydrogens is 500 g/mol. The Morgan fingerprint density at radius 3 is 2.61 bits per heavy atom. The SMILES string of the molecule is COC[C@H]1Cn2cc(-c3cc(NC(C)C)ncc3Cl)cc2C(=O)N1Cc1ccccc1CS(C)(=O)=O. The van der Waals surface area contributed by atoms with Gasteiger partial charge in [0.05, 0.1) is 23.4 Å². The largest absolute Gasteiger partial charge is 0.382 e. The molecule has 0 bridgehead atoms. The summed E-state index contributed by atoms with van der Waals surface area (Å²) in [5.74, 6) is 0.490. The van der Waals surface area contributed by atoms with E-state index in [1.54, 1.807) is 24.3 Å². The first kappa shape index (κ1) is 26.2. The van der Waals surface area contributed by atoms with Gasteiger partial charge in [-0.2, -0.15) is 0 Å². The maximum Gasteiger partial charge on any atom is 0.271 e. The number of nitrogens with one attached hydrogen (secondary N) is 1. The van der Waals surface area contributed by atoms with Gasteiger partial charge in [0.1, 0.15) is 11.5 Å². The first-order chi connectivity index (χ1) is 17.1. The summed E-state index contributed by atoms with van der Waals surface area (Å²) < 4.78 is 31.3. The van der Waals surface area contributed by atoms with Crippen LogP contribution in [0.5, 0.6) is 0 Å². The second kappa shape index (κ2) is 10.6. The molecule has 2 aromatic heterocycles. The minimum atomic E-state index is -3.22. The molecule has 1 aliphatic heterocycles. The number of amides is 1. The van der Waals surface area contributed by atoms with E-state index in [2.05, 4.69) is 10.3 Å². The van der Waals surface area contributed by atoms with Gasteiger partial charge in [0.15, 0.2) is 9.84 Å². The Morgan fingerprint density at radius 2 is 1.94 bits per heavy atom. The molecule has 4 rings (SSSR count). The van der Waals surface area contributed by atoms with Crippen LogP contribution in [0, 0.1) is 0 Å². The third-order valence-corrected chi connectivity index (χ3v) is 7.20. The van der Waals surface area contributed by atoms with E-state index in [4.69, 9.17) is 16.3 Å². The number of aromatic nitrogens is 2. The lowest BCUT2D eigenvalue weighted by Gasteiger charge is -2.36. The first-order valence-corrected chi connectivity index (χ1v) is 14.2. The number of pyridine rings is 1. The van der Waals surface area contributed by atoms with Gasteiger partial charge >= 0.3 is 0 Å². The molecule has 3 aromatic rings. The van der Waals surface area contributed by atoms with E-state index in [-0.39, 0.29) is 30.3 Å². The van der Waals surface area contributed by atoms with Gasteiger partial charge in [-0.05, 0) is 37.1 Å². The molecule has 0 spiro atoms. The smallest absolute Gasteiger partial charge is 0.271 e. The molecule has 8 nitrogen and oxygen atoms in total. The number of sulfone groups is 1. The molecule has 1 atom stereocenters. The number of benzene rings is 1. The minimum absolute atomic E-state index is 0.0754. The molecule has 0 fully saturated rings. The first-order valence-electron chi connectivity index (χ1n) is 11.7. The molecule has 1 N–H and O–H groups in total. The Kier molecular flexibility index (Phi) is 7.73. The Labute approximate surface area is 217 Å². The molecule has 1 amide bonds. The zero-order valence-corrected chi connectivity index (χ0v) is 22.4. The Morgan fingerprint density at radius 1 is 1.22 bits per heavy atom. The molecule has 1 aromatic carbocycles. The van der Waals surface area contributed by atoms with Gasteiger partial charge in [-0.15, -0.1) is 0 Å². The molecule has 36 heavy (non-hydrogen) atoms. The van der Waals surface area contributed by atoms with Gasteiger partial charge in [-0.1, -0.05) is 35.9 Å². The summed E-state index contributed by atoms with van der Waals surface area (Å²) in [7, 11) is -1.62. The fourth-order valence-corrected chi connectivity index (χ4v) is 5.57. The van der Waals surface area contributed by atoms with Crippen LogP contribution in [0.4, 0.5) is 5.82 Å². The maximum atomic E-state index is 13.7. The normalized spacial score (nSPS) is 15.9. The third kappa shape index (κ3) is 5.91. The van der Waals surface area contributed by atoms with Crippen LogP contribution in [0.3, 0.4) is 0 Å². The Hall–Kier alpha value is -2.88. The Balaban J connectivity index is 1.68. The van der Waals surface area contributed by atoms with E-state index in [0.717, 1.165) is 16.7 Å². The lowest BCUT2D eigenvalue weighted by Crippen LogP contribution is -2.49. The molecule has 0 unspecified atom stereocenters. The van der Waals surface area contributed by atoms with Crippen molar-refractivity contribution in [2.75, 3.05) is 25.3 Å². The molecule has 0 aliphatic carbocycles. The molecule has 0 radical (unpaired) electrons. The van der Waals surface area contributed by atoms with Crippen LogP contribution in [0.2, 0.25) is 5.02 Å². The fourth-order valence-electron chi connectivity index (χ4n) is 4.52. The maximum absolute atomic E-state index is 13.7. The highest BCUT2D eigenvalue weighted by Crippen LogP contribution is 2.33. The van der Waals surface area contributed by atoms with Crippen LogP contribution < -0.4 is 5.32 Å². The number of fused-ring (bicyclic) bond motifs is 1. The molecule has 192 valence electrons. The average molecular weight is 531 g/mol. The van der Waals surface area contributed by atoms with Crippen LogP contribution in [-0.4, -0.2) is 60.8 Å². The van der Waals surface area contributed by atoms with Crippen molar-refractivity contribution in [1.82, 2.24) is 14.5 Å². The standard InChI is InChI=1S/C26H31ClN4O4S/c1-17(2)29-25-10-22(23(27)11-28-25)20-9-24-26(32)31(21(15-35-3)14-30(24)12-20)13-18-7-5-6-8-19(18)16-36(4,33)34/h5-12,17,21H,13-16H2,1-4H3,(H,28,29)/t21-/m1/s1. The summed E-state index contributed by atoms with van der Waals surface area (Å²) in [6.45, 7) is 5.25. The molecule has 10 heteroatoms. The zero-order chi connectivity index (χ0) is 26.0.